The summed E-state index contributed by atoms with van der Waals surface area (Å²) in [5.74, 6) is 2.38. The molecule has 3 nitrogen and oxygen atoms in total. The summed E-state index contributed by atoms with van der Waals surface area (Å²) < 4.78 is 1.09. The number of carbonyl (C=O) groups is 1. The predicted molar refractivity (Wildman–Crippen MR) is 98.2 cm³/mol. The molecule has 5 heteroatoms. The summed E-state index contributed by atoms with van der Waals surface area (Å²) in [6, 6.07) is 8.26. The normalized spacial score (nSPS) is 16.6. The lowest BCUT2D eigenvalue weighted by Gasteiger charge is -2.28. The maximum absolute atomic E-state index is 11.8. The zero-order valence-corrected chi connectivity index (χ0v) is 15.6. The Kier molecular flexibility index (Phi) is 7.76. The summed E-state index contributed by atoms with van der Waals surface area (Å²) in [6.07, 6.45) is 3.66. The van der Waals surface area contributed by atoms with Crippen LogP contribution in [-0.2, 0) is 10.5 Å². The number of piperidine rings is 1. The Labute approximate surface area is 146 Å². The molecule has 1 aromatic rings. The predicted octanol–water partition coefficient (Wildman–Crippen LogP) is 3.53. The van der Waals surface area contributed by atoms with Crippen LogP contribution in [0.25, 0.3) is 0 Å². The van der Waals surface area contributed by atoms with E-state index in [4.69, 9.17) is 0 Å². The molecule has 1 aliphatic heterocycles. The van der Waals surface area contributed by atoms with Gasteiger partial charge in [0.2, 0.25) is 5.91 Å². The number of hydrogen-bond donors (Lipinski definition) is 1. The molecule has 0 unspecified atom stereocenters. The minimum Gasteiger partial charge on any atom is -0.355 e. The van der Waals surface area contributed by atoms with E-state index in [2.05, 4.69) is 45.3 Å². The summed E-state index contributed by atoms with van der Waals surface area (Å²) in [7, 11) is 2.18. The second kappa shape index (κ2) is 9.58. The number of hydrogen-bond acceptors (Lipinski definition) is 3. The maximum atomic E-state index is 11.8. The summed E-state index contributed by atoms with van der Waals surface area (Å²) in [6.45, 7) is 3.22. The van der Waals surface area contributed by atoms with E-state index >= 15 is 0 Å². The Morgan fingerprint density at radius 2 is 2.00 bits per heavy atom. The fourth-order valence-electron chi connectivity index (χ4n) is 2.66. The Morgan fingerprint density at radius 1 is 1.32 bits per heavy atom. The van der Waals surface area contributed by atoms with E-state index in [1.807, 2.05) is 12.1 Å². The minimum atomic E-state index is 0.162. The average Bonchev–Trinajstić information content (AvgIpc) is 2.51. The lowest BCUT2D eigenvalue weighted by Crippen LogP contribution is -2.33. The molecule has 1 aromatic carbocycles. The topological polar surface area (TPSA) is 32.3 Å². The highest BCUT2D eigenvalue weighted by atomic mass is 79.9. The van der Waals surface area contributed by atoms with E-state index < -0.39 is 0 Å². The molecule has 2 rings (SSSR count). The third-order valence-electron chi connectivity index (χ3n) is 4.13. The summed E-state index contributed by atoms with van der Waals surface area (Å²) in [5.41, 5.74) is 1.26. The van der Waals surface area contributed by atoms with Gasteiger partial charge in [0.1, 0.15) is 0 Å². The molecule has 0 aromatic heterocycles. The molecular formula is C17H25BrN2OS. The molecule has 1 amide bonds. The molecule has 1 heterocycles. The first-order chi connectivity index (χ1) is 10.6. The van der Waals surface area contributed by atoms with Crippen LogP contribution in [0.4, 0.5) is 0 Å². The molecule has 0 atom stereocenters. The third kappa shape index (κ3) is 6.71. The van der Waals surface area contributed by atoms with Crippen molar-refractivity contribution in [2.45, 2.75) is 25.0 Å². The molecular weight excluding hydrogens is 360 g/mol. The lowest BCUT2D eigenvalue weighted by molar-refractivity contribution is -0.118. The van der Waals surface area contributed by atoms with Crippen molar-refractivity contribution in [3.63, 3.8) is 0 Å². The Hall–Kier alpha value is -0.520. The average molecular weight is 385 g/mol. The number of rotatable bonds is 7. The zero-order chi connectivity index (χ0) is 15.8. The zero-order valence-electron chi connectivity index (χ0n) is 13.2. The summed E-state index contributed by atoms with van der Waals surface area (Å²) in [4.78, 5) is 14.2. The van der Waals surface area contributed by atoms with Crippen molar-refractivity contribution in [2.75, 3.05) is 32.4 Å². The molecule has 0 bridgehead atoms. The van der Waals surface area contributed by atoms with Crippen LogP contribution in [-0.4, -0.2) is 43.2 Å². The molecule has 1 N–H and O–H groups in total. The Balaban J connectivity index is 1.53. The number of nitrogens with one attached hydrogen (secondary N) is 1. The van der Waals surface area contributed by atoms with Gasteiger partial charge in [-0.3, -0.25) is 4.79 Å². The van der Waals surface area contributed by atoms with Crippen LogP contribution in [0, 0.1) is 5.92 Å². The van der Waals surface area contributed by atoms with Gasteiger partial charge in [-0.15, -0.1) is 11.8 Å². The Bertz CT molecular complexity index is 458. The lowest BCUT2D eigenvalue weighted by atomic mass is 9.94. The van der Waals surface area contributed by atoms with Crippen molar-refractivity contribution < 1.29 is 4.79 Å². The number of benzene rings is 1. The number of amides is 1. The van der Waals surface area contributed by atoms with E-state index in [1.165, 1.54) is 31.5 Å². The second-order valence-corrected chi connectivity index (χ2v) is 7.91. The molecule has 1 fully saturated rings. The smallest absolute Gasteiger partial charge is 0.230 e. The molecule has 22 heavy (non-hydrogen) atoms. The summed E-state index contributed by atoms with van der Waals surface area (Å²) in [5, 5.41) is 3.06. The second-order valence-electron chi connectivity index (χ2n) is 6.00. The number of nitrogens with zero attached hydrogens (tertiary/aromatic N) is 1. The van der Waals surface area contributed by atoms with Crippen molar-refractivity contribution in [2.24, 2.45) is 5.92 Å². The standard InChI is InChI=1S/C17H25BrN2OS/c1-20-10-7-14(8-11-20)6-9-19-17(21)13-22-12-15-2-4-16(18)5-3-15/h2-5,14H,6-13H2,1H3,(H,19,21). The monoisotopic (exact) mass is 384 g/mol. The van der Waals surface area contributed by atoms with Gasteiger partial charge < -0.3 is 10.2 Å². The van der Waals surface area contributed by atoms with E-state index in [9.17, 15) is 4.79 Å². The van der Waals surface area contributed by atoms with E-state index in [0.717, 1.165) is 29.1 Å². The molecule has 122 valence electrons. The van der Waals surface area contributed by atoms with Crippen LogP contribution in [0.5, 0.6) is 0 Å². The molecule has 1 aliphatic rings. The number of thioether (sulfide) groups is 1. The largest absolute Gasteiger partial charge is 0.355 e. The first-order valence-corrected chi connectivity index (χ1v) is 9.85. The fourth-order valence-corrected chi connectivity index (χ4v) is 3.74. The van der Waals surface area contributed by atoms with Gasteiger partial charge in [-0.1, -0.05) is 28.1 Å². The third-order valence-corrected chi connectivity index (χ3v) is 5.66. The van der Waals surface area contributed by atoms with Gasteiger partial charge >= 0.3 is 0 Å². The van der Waals surface area contributed by atoms with E-state index in [-0.39, 0.29) is 5.91 Å². The van der Waals surface area contributed by atoms with Gasteiger partial charge in [0.15, 0.2) is 0 Å². The van der Waals surface area contributed by atoms with Gasteiger partial charge in [-0.05, 0) is 63.0 Å². The SMILES string of the molecule is CN1CCC(CCNC(=O)CSCc2ccc(Br)cc2)CC1. The van der Waals surface area contributed by atoms with Crippen LogP contribution in [0.3, 0.4) is 0 Å². The number of halogens is 1. The molecule has 1 saturated heterocycles. The van der Waals surface area contributed by atoms with Crippen LogP contribution in [0.1, 0.15) is 24.8 Å². The highest BCUT2D eigenvalue weighted by Gasteiger charge is 2.16. The van der Waals surface area contributed by atoms with Crippen LogP contribution < -0.4 is 5.32 Å². The van der Waals surface area contributed by atoms with Crippen molar-refractivity contribution >= 4 is 33.6 Å². The molecule has 0 aliphatic carbocycles. The van der Waals surface area contributed by atoms with Crippen molar-refractivity contribution in [3.05, 3.63) is 34.3 Å². The summed E-state index contributed by atoms with van der Waals surface area (Å²) >= 11 is 5.10. The maximum Gasteiger partial charge on any atom is 0.230 e. The first-order valence-electron chi connectivity index (χ1n) is 7.91. The molecule has 0 radical (unpaired) electrons. The van der Waals surface area contributed by atoms with Gasteiger partial charge in [0.05, 0.1) is 5.75 Å². The quantitative estimate of drug-likeness (QED) is 0.780. The van der Waals surface area contributed by atoms with Gasteiger partial charge in [-0.25, -0.2) is 0 Å². The minimum absolute atomic E-state index is 0.162. The van der Waals surface area contributed by atoms with Crippen LogP contribution in [0.2, 0.25) is 0 Å². The highest BCUT2D eigenvalue weighted by Crippen LogP contribution is 2.19. The van der Waals surface area contributed by atoms with Crippen molar-refractivity contribution in [1.29, 1.82) is 0 Å². The fraction of sp³-hybridized carbons (Fsp3) is 0.588. The Morgan fingerprint density at radius 3 is 2.68 bits per heavy atom. The number of likely N-dealkylation sites (tertiary alicyclic amines) is 1. The van der Waals surface area contributed by atoms with Crippen molar-refractivity contribution in [3.8, 4) is 0 Å². The van der Waals surface area contributed by atoms with Gasteiger partial charge in [0, 0.05) is 16.8 Å². The van der Waals surface area contributed by atoms with Gasteiger partial charge in [0.25, 0.3) is 0 Å². The van der Waals surface area contributed by atoms with Gasteiger partial charge in [-0.2, -0.15) is 0 Å². The van der Waals surface area contributed by atoms with Crippen molar-refractivity contribution in [1.82, 2.24) is 10.2 Å². The number of carbonyl (C=O) groups excluding carboxylic acids is 1. The van der Waals surface area contributed by atoms with Crippen LogP contribution in [0.15, 0.2) is 28.7 Å². The molecule has 0 saturated carbocycles. The highest BCUT2D eigenvalue weighted by molar-refractivity contribution is 9.10. The first kappa shape index (κ1) is 17.8. The van der Waals surface area contributed by atoms with E-state index in [0.29, 0.717) is 5.75 Å². The molecule has 0 spiro atoms. The van der Waals surface area contributed by atoms with E-state index in [1.54, 1.807) is 11.8 Å². The van der Waals surface area contributed by atoms with Crippen LogP contribution >= 0.6 is 27.7 Å².